The average molecular weight is 467 g/mol. The normalized spacial score (nSPS) is 29.6. The van der Waals surface area contributed by atoms with Crippen LogP contribution in [0.3, 0.4) is 0 Å². The Labute approximate surface area is 153 Å². The Morgan fingerprint density at radius 1 is 1.21 bits per heavy atom. The van der Waals surface area contributed by atoms with E-state index >= 15 is 0 Å². The van der Waals surface area contributed by atoms with Crippen molar-refractivity contribution >= 4 is 37.8 Å². The molecule has 1 saturated heterocycles. The molecule has 3 unspecified atom stereocenters. The van der Waals surface area contributed by atoms with Gasteiger partial charge in [-0.3, -0.25) is 0 Å². The lowest BCUT2D eigenvalue weighted by atomic mass is 9.99. The zero-order valence-corrected chi connectivity index (χ0v) is 15.4. The lowest BCUT2D eigenvalue weighted by molar-refractivity contribution is -0.272. The van der Waals surface area contributed by atoms with Crippen molar-refractivity contribution in [2.45, 2.75) is 30.7 Å². The van der Waals surface area contributed by atoms with Crippen LogP contribution in [-0.2, 0) is 14.3 Å². The van der Waals surface area contributed by atoms with E-state index in [9.17, 15) is 20.1 Å². The minimum absolute atomic E-state index is 0.185. The molecule has 0 radical (unpaired) electrons. The number of methoxy groups -OCH3 is 1. The largest absolute Gasteiger partial charge is 0.467 e. The second kappa shape index (κ2) is 7.77. The molecular formula is C14H13Br2NO7. The standard InChI is InChI=1S/C14H13Br2NO7/c1-22-13(21)12-9(19)8(18)10(20)14(24-12)23-11-6(15)2-5(4-17)3-7(11)16/h2-3,8-10,12,14,18-20H,1H3/t8-,9+,10?,12?,14?/m1/s1. The molecule has 0 amide bonds. The van der Waals surface area contributed by atoms with Crippen molar-refractivity contribution < 1.29 is 34.3 Å². The minimum atomic E-state index is -1.68. The van der Waals surface area contributed by atoms with Gasteiger partial charge in [0.05, 0.1) is 27.7 Å². The molecule has 1 aliphatic heterocycles. The van der Waals surface area contributed by atoms with Gasteiger partial charge in [-0.25, -0.2) is 4.79 Å². The number of hydrogen-bond acceptors (Lipinski definition) is 8. The Morgan fingerprint density at radius 3 is 2.29 bits per heavy atom. The van der Waals surface area contributed by atoms with Crippen LogP contribution in [0.1, 0.15) is 5.56 Å². The van der Waals surface area contributed by atoms with Gasteiger partial charge in [-0.05, 0) is 44.0 Å². The van der Waals surface area contributed by atoms with Crippen LogP contribution in [0.5, 0.6) is 5.75 Å². The van der Waals surface area contributed by atoms with E-state index in [4.69, 9.17) is 14.7 Å². The summed E-state index contributed by atoms with van der Waals surface area (Å²) >= 11 is 6.45. The highest BCUT2D eigenvalue weighted by atomic mass is 79.9. The number of rotatable bonds is 3. The number of nitriles is 1. The molecule has 1 aromatic carbocycles. The molecule has 1 fully saturated rings. The second-order valence-electron chi connectivity index (χ2n) is 4.92. The van der Waals surface area contributed by atoms with Crippen molar-refractivity contribution in [3.63, 3.8) is 0 Å². The summed E-state index contributed by atoms with van der Waals surface area (Å²) in [5, 5.41) is 38.7. The molecule has 130 valence electrons. The van der Waals surface area contributed by atoms with Gasteiger partial charge in [-0.2, -0.15) is 5.26 Å². The van der Waals surface area contributed by atoms with E-state index in [2.05, 4.69) is 36.6 Å². The van der Waals surface area contributed by atoms with E-state index in [0.717, 1.165) is 7.11 Å². The van der Waals surface area contributed by atoms with E-state index in [-0.39, 0.29) is 5.75 Å². The highest BCUT2D eigenvalue weighted by Gasteiger charge is 2.48. The average Bonchev–Trinajstić information content (AvgIpc) is 2.56. The molecule has 2 rings (SSSR count). The highest BCUT2D eigenvalue weighted by molar-refractivity contribution is 9.11. The molecule has 8 nitrogen and oxygen atoms in total. The van der Waals surface area contributed by atoms with Gasteiger partial charge in [0.2, 0.25) is 6.29 Å². The van der Waals surface area contributed by atoms with Crippen molar-refractivity contribution in [3.8, 4) is 11.8 Å². The first-order valence-electron chi connectivity index (χ1n) is 6.63. The molecular weight excluding hydrogens is 454 g/mol. The molecule has 10 heteroatoms. The third-order valence-corrected chi connectivity index (χ3v) is 4.54. The molecule has 5 atom stereocenters. The van der Waals surface area contributed by atoms with Gasteiger partial charge >= 0.3 is 5.97 Å². The van der Waals surface area contributed by atoms with Gasteiger partial charge in [0.1, 0.15) is 18.3 Å². The van der Waals surface area contributed by atoms with E-state index in [1.807, 2.05) is 6.07 Å². The van der Waals surface area contributed by atoms with E-state index in [1.165, 1.54) is 12.1 Å². The first kappa shape index (κ1) is 19.1. The molecule has 0 spiro atoms. The predicted molar refractivity (Wildman–Crippen MR) is 85.9 cm³/mol. The summed E-state index contributed by atoms with van der Waals surface area (Å²) in [5.74, 6) is -0.731. The SMILES string of the molecule is COC(=O)C1OC(Oc2c(Br)cc(C#N)cc2Br)C(O)[C@H](O)[C@@H]1O. The van der Waals surface area contributed by atoms with Crippen LogP contribution in [0.4, 0.5) is 0 Å². The van der Waals surface area contributed by atoms with Gasteiger partial charge < -0.3 is 29.5 Å². The van der Waals surface area contributed by atoms with E-state index in [1.54, 1.807) is 0 Å². The van der Waals surface area contributed by atoms with Crippen molar-refractivity contribution in [2.75, 3.05) is 7.11 Å². The quantitative estimate of drug-likeness (QED) is 0.547. The van der Waals surface area contributed by atoms with Gasteiger partial charge in [0.25, 0.3) is 0 Å². The van der Waals surface area contributed by atoms with Crippen LogP contribution in [0, 0.1) is 11.3 Å². The molecule has 3 N–H and O–H groups in total. The number of aliphatic hydroxyl groups excluding tert-OH is 3. The van der Waals surface area contributed by atoms with Gasteiger partial charge in [0, 0.05) is 0 Å². The van der Waals surface area contributed by atoms with Crippen molar-refractivity contribution in [3.05, 3.63) is 26.6 Å². The van der Waals surface area contributed by atoms with Crippen molar-refractivity contribution in [2.24, 2.45) is 0 Å². The Bertz CT molecular complexity index is 655. The molecule has 0 saturated carbocycles. The first-order chi connectivity index (χ1) is 11.3. The lowest BCUT2D eigenvalue weighted by Gasteiger charge is -2.39. The maximum Gasteiger partial charge on any atom is 0.337 e. The smallest absolute Gasteiger partial charge is 0.337 e. The Morgan fingerprint density at radius 2 is 1.79 bits per heavy atom. The zero-order valence-electron chi connectivity index (χ0n) is 12.2. The Balaban J connectivity index is 2.28. The fraction of sp³-hybridized carbons (Fsp3) is 0.429. The third-order valence-electron chi connectivity index (χ3n) is 3.36. The van der Waals surface area contributed by atoms with Crippen molar-refractivity contribution in [1.82, 2.24) is 0 Å². The second-order valence-corrected chi connectivity index (χ2v) is 6.63. The summed E-state index contributed by atoms with van der Waals surface area (Å²) in [6.45, 7) is 0. The number of carbonyl (C=O) groups is 1. The van der Waals surface area contributed by atoms with Crippen LogP contribution in [0.2, 0.25) is 0 Å². The Kier molecular flexibility index (Phi) is 6.19. The molecule has 1 aromatic rings. The molecule has 24 heavy (non-hydrogen) atoms. The summed E-state index contributed by atoms with van der Waals surface area (Å²) in [5.41, 5.74) is 0.356. The summed E-state index contributed by atoms with van der Waals surface area (Å²) in [7, 11) is 1.10. The number of hydrogen-bond donors (Lipinski definition) is 3. The van der Waals surface area contributed by atoms with Crippen LogP contribution in [0.15, 0.2) is 21.1 Å². The maximum absolute atomic E-state index is 11.6. The van der Waals surface area contributed by atoms with Crippen LogP contribution in [0.25, 0.3) is 0 Å². The number of esters is 1. The summed E-state index contributed by atoms with van der Waals surface area (Å²) in [6.07, 6.45) is -7.93. The number of carbonyl (C=O) groups excluding carboxylic acids is 1. The van der Waals surface area contributed by atoms with Gasteiger partial charge in [-0.1, -0.05) is 0 Å². The van der Waals surface area contributed by atoms with E-state index in [0.29, 0.717) is 14.5 Å². The molecule has 0 aliphatic carbocycles. The molecule has 1 aliphatic rings. The summed E-state index contributed by atoms with van der Waals surface area (Å²) < 4.78 is 16.0. The molecule has 0 bridgehead atoms. The van der Waals surface area contributed by atoms with Crippen LogP contribution >= 0.6 is 31.9 Å². The van der Waals surface area contributed by atoms with Crippen LogP contribution in [-0.4, -0.2) is 59.1 Å². The number of halogens is 2. The number of aliphatic hydroxyl groups is 3. The monoisotopic (exact) mass is 465 g/mol. The topological polar surface area (TPSA) is 129 Å². The maximum atomic E-state index is 11.6. The fourth-order valence-electron chi connectivity index (χ4n) is 2.11. The lowest BCUT2D eigenvalue weighted by Crippen LogP contribution is -2.61. The summed E-state index contributed by atoms with van der Waals surface area (Å²) in [6, 6.07) is 4.93. The van der Waals surface area contributed by atoms with Crippen LogP contribution < -0.4 is 4.74 Å². The number of ether oxygens (including phenoxy) is 3. The third kappa shape index (κ3) is 3.72. The van der Waals surface area contributed by atoms with Gasteiger partial charge in [0.15, 0.2) is 11.9 Å². The number of benzene rings is 1. The Hall–Kier alpha value is -1.22. The predicted octanol–water partition coefficient (Wildman–Crippen LogP) is 0.443. The van der Waals surface area contributed by atoms with Gasteiger partial charge in [-0.15, -0.1) is 0 Å². The fourth-order valence-corrected chi connectivity index (χ4v) is 3.48. The number of nitrogens with zero attached hydrogens (tertiary/aromatic N) is 1. The van der Waals surface area contributed by atoms with E-state index < -0.39 is 36.7 Å². The highest BCUT2D eigenvalue weighted by Crippen LogP contribution is 2.37. The summed E-state index contributed by atoms with van der Waals surface area (Å²) in [4.78, 5) is 11.6. The minimum Gasteiger partial charge on any atom is -0.467 e. The molecule has 1 heterocycles. The zero-order chi connectivity index (χ0) is 18.0. The first-order valence-corrected chi connectivity index (χ1v) is 8.22. The molecule has 0 aromatic heterocycles. The van der Waals surface area contributed by atoms with Crippen molar-refractivity contribution in [1.29, 1.82) is 5.26 Å².